The Hall–Kier alpha value is -3.49. The number of amides is 1. The molecule has 3 aromatic rings. The Morgan fingerprint density at radius 1 is 1.16 bits per heavy atom. The van der Waals surface area contributed by atoms with E-state index in [2.05, 4.69) is 15.2 Å². The fourth-order valence-electron chi connectivity index (χ4n) is 3.18. The summed E-state index contributed by atoms with van der Waals surface area (Å²) in [4.78, 5) is 12.7. The van der Waals surface area contributed by atoms with Crippen molar-refractivity contribution in [2.45, 2.75) is 26.4 Å². The third-order valence-electron chi connectivity index (χ3n) is 4.66. The van der Waals surface area contributed by atoms with Gasteiger partial charge in [0.1, 0.15) is 5.82 Å². The molecular formula is C22H22F3N3O3. The van der Waals surface area contributed by atoms with Gasteiger partial charge in [-0.3, -0.25) is 4.79 Å². The lowest BCUT2D eigenvalue weighted by molar-refractivity contribution is -0.0512. The molecule has 0 atom stereocenters. The number of ether oxygens (including phenoxy) is 2. The lowest BCUT2D eigenvalue weighted by Crippen LogP contribution is -2.26. The molecule has 0 unspecified atom stereocenters. The second kappa shape index (κ2) is 10.0. The van der Waals surface area contributed by atoms with Gasteiger partial charge in [0.05, 0.1) is 30.3 Å². The molecule has 0 bridgehead atoms. The molecule has 1 amide bonds. The third kappa shape index (κ3) is 5.36. The largest absolute Gasteiger partial charge is 0.493 e. The Balaban J connectivity index is 1.65. The number of methoxy groups -OCH3 is 1. The number of halogens is 3. The predicted molar refractivity (Wildman–Crippen MR) is 109 cm³/mol. The van der Waals surface area contributed by atoms with E-state index in [9.17, 15) is 18.0 Å². The molecule has 1 aromatic heterocycles. The minimum atomic E-state index is -2.94. The molecule has 0 saturated heterocycles. The van der Waals surface area contributed by atoms with Gasteiger partial charge < -0.3 is 14.8 Å². The number of nitrogens with one attached hydrogen (secondary N) is 1. The van der Waals surface area contributed by atoms with E-state index in [-0.39, 0.29) is 23.2 Å². The fraction of sp³-hybridized carbons (Fsp3) is 0.273. The van der Waals surface area contributed by atoms with E-state index in [1.807, 2.05) is 6.92 Å². The van der Waals surface area contributed by atoms with Gasteiger partial charge in [0, 0.05) is 6.54 Å². The summed E-state index contributed by atoms with van der Waals surface area (Å²) in [7, 11) is 1.37. The van der Waals surface area contributed by atoms with Crippen LogP contribution in [-0.4, -0.2) is 36.0 Å². The molecule has 0 saturated carbocycles. The molecule has 164 valence electrons. The molecule has 0 radical (unpaired) electrons. The zero-order valence-electron chi connectivity index (χ0n) is 17.1. The summed E-state index contributed by atoms with van der Waals surface area (Å²) in [5.74, 6) is -0.490. The minimum absolute atomic E-state index is 0.0499. The quantitative estimate of drug-likeness (QED) is 0.551. The lowest BCUT2D eigenvalue weighted by atomic mass is 10.1. The van der Waals surface area contributed by atoms with Crippen LogP contribution in [0, 0.1) is 5.82 Å². The van der Waals surface area contributed by atoms with Crippen molar-refractivity contribution in [1.82, 2.24) is 15.1 Å². The smallest absolute Gasteiger partial charge is 0.387 e. The molecule has 2 aromatic carbocycles. The first-order valence-electron chi connectivity index (χ1n) is 9.65. The average molecular weight is 433 g/mol. The fourth-order valence-corrected chi connectivity index (χ4v) is 3.18. The van der Waals surface area contributed by atoms with Crippen LogP contribution in [0.15, 0.2) is 48.7 Å². The third-order valence-corrected chi connectivity index (χ3v) is 4.66. The summed E-state index contributed by atoms with van der Waals surface area (Å²) in [6, 6.07) is 10.5. The molecule has 0 aliphatic rings. The number of aromatic nitrogens is 2. The second-order valence-electron chi connectivity index (χ2n) is 6.62. The molecule has 1 heterocycles. The van der Waals surface area contributed by atoms with Gasteiger partial charge in [-0.15, -0.1) is 0 Å². The van der Waals surface area contributed by atoms with Crippen molar-refractivity contribution in [2.75, 3.05) is 13.7 Å². The van der Waals surface area contributed by atoms with Crippen molar-refractivity contribution in [3.8, 4) is 17.2 Å². The SMILES string of the molecule is CCc1c(C(=O)NCCc2ccc(OC(F)F)c(OC)c2)cnn1-c1ccc(F)cc1. The molecule has 3 rings (SSSR count). The van der Waals surface area contributed by atoms with Crippen molar-refractivity contribution < 1.29 is 27.4 Å². The first kappa shape index (κ1) is 22.2. The Kier molecular flexibility index (Phi) is 7.17. The standard InChI is InChI=1S/C22H22F3N3O3/c1-3-18-17(13-27-28(18)16-7-5-15(23)6-8-16)21(29)26-11-10-14-4-9-19(31-22(24)25)20(12-14)30-2/h4-9,12-13,22H,3,10-11H2,1-2H3,(H,26,29). The van der Waals surface area contributed by atoms with Gasteiger partial charge in [0.2, 0.25) is 0 Å². The summed E-state index contributed by atoms with van der Waals surface area (Å²) < 4.78 is 49.1. The van der Waals surface area contributed by atoms with Crippen LogP contribution < -0.4 is 14.8 Å². The molecule has 9 heteroatoms. The van der Waals surface area contributed by atoms with E-state index in [1.165, 1.54) is 31.5 Å². The maximum Gasteiger partial charge on any atom is 0.387 e. The van der Waals surface area contributed by atoms with Gasteiger partial charge in [0.15, 0.2) is 11.5 Å². The normalized spacial score (nSPS) is 10.9. The highest BCUT2D eigenvalue weighted by atomic mass is 19.3. The van der Waals surface area contributed by atoms with E-state index in [4.69, 9.17) is 4.74 Å². The molecule has 1 N–H and O–H groups in total. The van der Waals surface area contributed by atoms with E-state index in [0.717, 1.165) is 5.56 Å². The summed E-state index contributed by atoms with van der Waals surface area (Å²) >= 11 is 0. The number of hydrogen-bond donors (Lipinski definition) is 1. The molecule has 0 fully saturated rings. The summed E-state index contributed by atoms with van der Waals surface area (Å²) in [6.45, 7) is -0.715. The van der Waals surface area contributed by atoms with Gasteiger partial charge in [-0.05, 0) is 54.8 Å². The maximum atomic E-state index is 13.2. The van der Waals surface area contributed by atoms with Crippen LogP contribution in [0.1, 0.15) is 28.5 Å². The number of hydrogen-bond acceptors (Lipinski definition) is 4. The summed E-state index contributed by atoms with van der Waals surface area (Å²) in [5.41, 5.74) is 2.59. The second-order valence-corrected chi connectivity index (χ2v) is 6.62. The zero-order valence-corrected chi connectivity index (χ0v) is 17.1. The number of benzene rings is 2. The maximum absolute atomic E-state index is 13.2. The van der Waals surface area contributed by atoms with Crippen LogP contribution in [0.5, 0.6) is 11.5 Å². The number of alkyl halides is 2. The number of nitrogens with zero attached hydrogens (tertiary/aromatic N) is 2. The van der Waals surface area contributed by atoms with Gasteiger partial charge >= 0.3 is 6.61 Å². The predicted octanol–water partition coefficient (Wildman–Crippen LogP) is 4.16. The van der Waals surface area contributed by atoms with Crippen molar-refractivity contribution in [1.29, 1.82) is 0 Å². The summed E-state index contributed by atoms with van der Waals surface area (Å²) in [6.07, 6.45) is 2.50. The summed E-state index contributed by atoms with van der Waals surface area (Å²) in [5, 5.41) is 7.11. The number of carbonyl (C=O) groups excluding carboxylic acids is 1. The Bertz CT molecular complexity index is 1040. The number of rotatable bonds is 9. The highest BCUT2D eigenvalue weighted by molar-refractivity contribution is 5.95. The van der Waals surface area contributed by atoms with Crippen LogP contribution in [0.3, 0.4) is 0 Å². The zero-order chi connectivity index (χ0) is 22.4. The van der Waals surface area contributed by atoms with Crippen molar-refractivity contribution in [3.05, 3.63) is 71.3 Å². The first-order chi connectivity index (χ1) is 14.9. The molecule has 0 aliphatic carbocycles. The highest BCUT2D eigenvalue weighted by Crippen LogP contribution is 2.29. The Labute approximate surface area is 177 Å². The van der Waals surface area contributed by atoms with Crippen LogP contribution in [0.4, 0.5) is 13.2 Å². The van der Waals surface area contributed by atoms with Crippen LogP contribution in [-0.2, 0) is 12.8 Å². The molecule has 0 aliphatic heterocycles. The Morgan fingerprint density at radius 3 is 2.55 bits per heavy atom. The van der Waals surface area contributed by atoms with E-state index in [0.29, 0.717) is 36.3 Å². The minimum Gasteiger partial charge on any atom is -0.493 e. The van der Waals surface area contributed by atoms with Crippen molar-refractivity contribution in [3.63, 3.8) is 0 Å². The van der Waals surface area contributed by atoms with Crippen molar-refractivity contribution in [2.24, 2.45) is 0 Å². The molecule has 6 nitrogen and oxygen atoms in total. The van der Waals surface area contributed by atoms with Gasteiger partial charge in [-0.2, -0.15) is 13.9 Å². The molecule has 31 heavy (non-hydrogen) atoms. The van der Waals surface area contributed by atoms with Crippen LogP contribution >= 0.6 is 0 Å². The highest BCUT2D eigenvalue weighted by Gasteiger charge is 2.17. The van der Waals surface area contributed by atoms with E-state index >= 15 is 0 Å². The van der Waals surface area contributed by atoms with Gasteiger partial charge in [-0.25, -0.2) is 9.07 Å². The topological polar surface area (TPSA) is 65.4 Å². The van der Waals surface area contributed by atoms with Crippen LogP contribution in [0.2, 0.25) is 0 Å². The van der Waals surface area contributed by atoms with E-state index < -0.39 is 6.61 Å². The molecule has 0 spiro atoms. The lowest BCUT2D eigenvalue weighted by Gasteiger charge is -2.12. The van der Waals surface area contributed by atoms with Crippen molar-refractivity contribution >= 4 is 5.91 Å². The molecular weight excluding hydrogens is 411 g/mol. The van der Waals surface area contributed by atoms with Gasteiger partial charge in [0.25, 0.3) is 5.91 Å². The van der Waals surface area contributed by atoms with E-state index in [1.54, 1.807) is 28.9 Å². The van der Waals surface area contributed by atoms with Crippen LogP contribution in [0.25, 0.3) is 5.69 Å². The number of carbonyl (C=O) groups is 1. The van der Waals surface area contributed by atoms with Gasteiger partial charge in [-0.1, -0.05) is 13.0 Å². The monoisotopic (exact) mass is 433 g/mol. The average Bonchev–Trinajstić information content (AvgIpc) is 3.19. The first-order valence-corrected chi connectivity index (χ1v) is 9.65. The Morgan fingerprint density at radius 2 is 1.90 bits per heavy atom.